The van der Waals surface area contributed by atoms with Gasteiger partial charge in [0.1, 0.15) is 0 Å². The lowest BCUT2D eigenvalue weighted by Gasteiger charge is -2.07. The predicted molar refractivity (Wildman–Crippen MR) is 76.9 cm³/mol. The summed E-state index contributed by atoms with van der Waals surface area (Å²) >= 11 is 0. The van der Waals surface area contributed by atoms with Crippen molar-refractivity contribution in [1.29, 1.82) is 0 Å². The van der Waals surface area contributed by atoms with Gasteiger partial charge in [0, 0.05) is 13.1 Å². The highest BCUT2D eigenvalue weighted by atomic mass is 16.2. The Kier molecular flexibility index (Phi) is 5.55. The van der Waals surface area contributed by atoms with Crippen LogP contribution in [0, 0.1) is 5.92 Å². The molecule has 5 heteroatoms. The van der Waals surface area contributed by atoms with Crippen molar-refractivity contribution in [3.8, 4) is 0 Å². The zero-order chi connectivity index (χ0) is 14.2. The Hall–Kier alpha value is -1.88. The zero-order valence-electron chi connectivity index (χ0n) is 11.5. The van der Waals surface area contributed by atoms with Crippen molar-refractivity contribution in [2.75, 3.05) is 19.6 Å². The van der Waals surface area contributed by atoms with E-state index in [1.54, 1.807) is 0 Å². The van der Waals surface area contributed by atoms with Crippen LogP contribution in [0.2, 0.25) is 0 Å². The lowest BCUT2D eigenvalue weighted by Crippen LogP contribution is -2.40. The number of benzene rings is 1. The third-order valence-corrected chi connectivity index (χ3v) is 3.19. The van der Waals surface area contributed by atoms with Gasteiger partial charge in [-0.3, -0.25) is 14.9 Å². The summed E-state index contributed by atoms with van der Waals surface area (Å²) in [7, 11) is 0. The number of carbonyl (C=O) groups excluding carboxylic acids is 2. The van der Waals surface area contributed by atoms with Gasteiger partial charge in [-0.25, -0.2) is 0 Å². The molecular formula is C15H21N3O2. The maximum absolute atomic E-state index is 11.6. The van der Waals surface area contributed by atoms with Crippen LogP contribution in [-0.2, 0) is 16.1 Å². The van der Waals surface area contributed by atoms with E-state index in [1.807, 2.05) is 30.3 Å². The summed E-state index contributed by atoms with van der Waals surface area (Å²) in [6.45, 7) is 1.62. The van der Waals surface area contributed by atoms with E-state index in [0.29, 0.717) is 12.5 Å². The number of hydrogen-bond donors (Lipinski definition) is 3. The highest BCUT2D eigenvalue weighted by molar-refractivity contribution is 5.81. The quantitative estimate of drug-likeness (QED) is 0.644. The van der Waals surface area contributed by atoms with Gasteiger partial charge >= 0.3 is 0 Å². The maximum atomic E-state index is 11.6. The third kappa shape index (κ3) is 5.84. The van der Waals surface area contributed by atoms with Crippen LogP contribution in [0.3, 0.4) is 0 Å². The van der Waals surface area contributed by atoms with Crippen molar-refractivity contribution in [2.45, 2.75) is 19.4 Å². The fourth-order valence-corrected chi connectivity index (χ4v) is 1.79. The lowest BCUT2D eigenvalue weighted by atomic mass is 10.2. The molecule has 2 rings (SSSR count). The minimum Gasteiger partial charge on any atom is -0.355 e. The van der Waals surface area contributed by atoms with Crippen LogP contribution in [0.5, 0.6) is 0 Å². The molecule has 1 aromatic rings. The van der Waals surface area contributed by atoms with Gasteiger partial charge in [0.25, 0.3) is 0 Å². The minimum absolute atomic E-state index is 0.0484. The fourth-order valence-electron chi connectivity index (χ4n) is 1.79. The van der Waals surface area contributed by atoms with Crippen molar-refractivity contribution < 1.29 is 9.59 Å². The average molecular weight is 275 g/mol. The largest absolute Gasteiger partial charge is 0.355 e. The smallest absolute Gasteiger partial charge is 0.234 e. The molecular weight excluding hydrogens is 254 g/mol. The first-order valence-corrected chi connectivity index (χ1v) is 7.02. The van der Waals surface area contributed by atoms with Crippen molar-refractivity contribution in [1.82, 2.24) is 16.0 Å². The van der Waals surface area contributed by atoms with Crippen molar-refractivity contribution >= 4 is 11.8 Å². The van der Waals surface area contributed by atoms with E-state index in [0.717, 1.165) is 12.1 Å². The minimum atomic E-state index is -0.108. The maximum Gasteiger partial charge on any atom is 0.234 e. The predicted octanol–water partition coefficient (Wildman–Crippen LogP) is 0.419. The van der Waals surface area contributed by atoms with Crippen molar-refractivity contribution in [3.05, 3.63) is 35.9 Å². The van der Waals surface area contributed by atoms with Gasteiger partial charge in [-0.05, 0) is 24.3 Å². The van der Waals surface area contributed by atoms with E-state index < -0.39 is 0 Å². The van der Waals surface area contributed by atoms with E-state index in [-0.39, 0.29) is 24.9 Å². The van der Waals surface area contributed by atoms with Crippen molar-refractivity contribution in [2.24, 2.45) is 5.92 Å². The molecule has 1 fully saturated rings. The summed E-state index contributed by atoms with van der Waals surface area (Å²) in [4.78, 5) is 23.0. The topological polar surface area (TPSA) is 70.2 Å². The number of hydrogen-bond acceptors (Lipinski definition) is 3. The van der Waals surface area contributed by atoms with Gasteiger partial charge in [-0.15, -0.1) is 0 Å². The Balaban J connectivity index is 1.52. The first kappa shape index (κ1) is 14.5. The highest BCUT2D eigenvalue weighted by Crippen LogP contribution is 2.27. The number of amides is 2. The Morgan fingerprint density at radius 1 is 1.00 bits per heavy atom. The summed E-state index contributed by atoms with van der Waals surface area (Å²) < 4.78 is 0. The molecule has 0 aliphatic heterocycles. The molecule has 1 aliphatic carbocycles. The van der Waals surface area contributed by atoms with Crippen LogP contribution in [0.4, 0.5) is 0 Å². The molecule has 0 saturated heterocycles. The summed E-state index contributed by atoms with van der Waals surface area (Å²) in [5.74, 6) is 0.518. The van der Waals surface area contributed by atoms with Crippen molar-refractivity contribution in [3.63, 3.8) is 0 Å². The molecule has 1 saturated carbocycles. The molecule has 20 heavy (non-hydrogen) atoms. The molecule has 0 bridgehead atoms. The fraction of sp³-hybridized carbons (Fsp3) is 0.467. The van der Waals surface area contributed by atoms with Crippen LogP contribution < -0.4 is 16.0 Å². The molecule has 0 heterocycles. The molecule has 1 aromatic carbocycles. The standard InChI is InChI=1S/C15H21N3O2/c19-14(17-8-12-4-2-1-3-5-12)10-16-11-15(20)18-9-13-6-7-13/h1-5,13,16H,6-11H2,(H,17,19)(H,18,20). The Bertz CT molecular complexity index is 444. The average Bonchev–Trinajstić information content (AvgIpc) is 3.28. The molecule has 0 spiro atoms. The van der Waals surface area contributed by atoms with E-state index in [2.05, 4.69) is 16.0 Å². The van der Waals surface area contributed by atoms with Gasteiger partial charge in [0.2, 0.25) is 11.8 Å². The van der Waals surface area contributed by atoms with E-state index >= 15 is 0 Å². The second-order valence-electron chi connectivity index (χ2n) is 5.11. The van der Waals surface area contributed by atoms with E-state index in [1.165, 1.54) is 12.8 Å². The number of nitrogens with one attached hydrogen (secondary N) is 3. The van der Waals surface area contributed by atoms with Gasteiger partial charge in [0.05, 0.1) is 13.1 Å². The van der Waals surface area contributed by atoms with Crippen LogP contribution in [-0.4, -0.2) is 31.4 Å². The van der Waals surface area contributed by atoms with E-state index in [9.17, 15) is 9.59 Å². The normalized spacial score (nSPS) is 13.8. The first-order chi connectivity index (χ1) is 9.74. The molecule has 0 unspecified atom stereocenters. The van der Waals surface area contributed by atoms with Gasteiger partial charge in [-0.1, -0.05) is 30.3 Å². The number of carbonyl (C=O) groups is 2. The molecule has 5 nitrogen and oxygen atoms in total. The summed E-state index contributed by atoms with van der Waals surface area (Å²) in [6, 6.07) is 9.72. The molecule has 108 valence electrons. The molecule has 1 aliphatic rings. The van der Waals surface area contributed by atoms with Crippen LogP contribution in [0.25, 0.3) is 0 Å². The van der Waals surface area contributed by atoms with E-state index in [4.69, 9.17) is 0 Å². The second-order valence-corrected chi connectivity index (χ2v) is 5.11. The Morgan fingerprint density at radius 3 is 2.30 bits per heavy atom. The SMILES string of the molecule is O=C(CNCC(=O)NCC1CC1)NCc1ccccc1. The lowest BCUT2D eigenvalue weighted by molar-refractivity contribution is -0.121. The molecule has 0 atom stereocenters. The summed E-state index contributed by atoms with van der Waals surface area (Å²) in [6.07, 6.45) is 2.44. The molecule has 0 radical (unpaired) electrons. The Labute approximate surface area is 119 Å². The summed E-state index contributed by atoms with van der Waals surface area (Å²) in [5.41, 5.74) is 1.06. The first-order valence-electron chi connectivity index (χ1n) is 7.02. The zero-order valence-corrected chi connectivity index (χ0v) is 11.5. The Morgan fingerprint density at radius 2 is 1.65 bits per heavy atom. The van der Waals surface area contributed by atoms with Gasteiger partial charge < -0.3 is 10.6 Å². The highest BCUT2D eigenvalue weighted by Gasteiger charge is 2.21. The van der Waals surface area contributed by atoms with Crippen LogP contribution in [0.1, 0.15) is 18.4 Å². The van der Waals surface area contributed by atoms with Crippen LogP contribution in [0.15, 0.2) is 30.3 Å². The second kappa shape index (κ2) is 7.65. The van der Waals surface area contributed by atoms with Gasteiger partial charge in [0.15, 0.2) is 0 Å². The van der Waals surface area contributed by atoms with Crippen LogP contribution >= 0.6 is 0 Å². The molecule has 3 N–H and O–H groups in total. The van der Waals surface area contributed by atoms with Gasteiger partial charge in [-0.2, -0.15) is 0 Å². The molecule has 2 amide bonds. The summed E-state index contributed by atoms with van der Waals surface area (Å²) in [5, 5.41) is 8.48. The third-order valence-electron chi connectivity index (χ3n) is 3.19. The molecule has 0 aromatic heterocycles. The monoisotopic (exact) mass is 275 g/mol. The number of rotatable bonds is 8.